The molecule has 0 unspecified atom stereocenters. The van der Waals surface area contributed by atoms with Crippen LogP contribution in [0.4, 0.5) is 0 Å². The summed E-state index contributed by atoms with van der Waals surface area (Å²) in [5, 5.41) is 4.44. The quantitative estimate of drug-likeness (QED) is 0.517. The molecule has 0 fully saturated rings. The maximum Gasteiger partial charge on any atom is 0.158 e. The number of nitrogens with zero attached hydrogens (tertiary/aromatic N) is 3. The number of allylic oxidation sites excluding steroid dienone is 2. The van der Waals surface area contributed by atoms with Crippen LogP contribution in [0.2, 0.25) is 0 Å². The minimum absolute atomic E-state index is 0.448. The lowest BCUT2D eigenvalue weighted by Crippen LogP contribution is -2.07. The SMILES string of the molecule is CCC/C(=C(\c1ccccc1C)C(C)C)c1cn2ncnc2c(C)c1CC. The number of hydrogen-bond acceptors (Lipinski definition) is 2. The Hall–Kier alpha value is -2.42. The molecule has 0 radical (unpaired) electrons. The van der Waals surface area contributed by atoms with Crippen molar-refractivity contribution in [2.45, 2.75) is 60.8 Å². The maximum atomic E-state index is 4.46. The van der Waals surface area contributed by atoms with Gasteiger partial charge in [0.1, 0.15) is 6.33 Å². The number of aryl methyl sites for hydroxylation is 2. The average Bonchev–Trinajstić information content (AvgIpc) is 3.11. The van der Waals surface area contributed by atoms with Crippen LogP contribution in [0.1, 0.15) is 68.4 Å². The van der Waals surface area contributed by atoms with E-state index in [0.717, 1.165) is 24.9 Å². The summed E-state index contributed by atoms with van der Waals surface area (Å²) in [6.07, 6.45) is 7.03. The monoisotopic (exact) mass is 361 g/mol. The third-order valence-electron chi connectivity index (χ3n) is 5.45. The number of pyridine rings is 1. The van der Waals surface area contributed by atoms with Crippen LogP contribution in [0.15, 0.2) is 36.8 Å². The molecule has 0 saturated carbocycles. The van der Waals surface area contributed by atoms with Gasteiger partial charge in [-0.3, -0.25) is 0 Å². The zero-order chi connectivity index (χ0) is 19.6. The first-order chi connectivity index (χ1) is 13.0. The van der Waals surface area contributed by atoms with Crippen molar-refractivity contribution >= 4 is 16.8 Å². The van der Waals surface area contributed by atoms with Crippen LogP contribution in [0.25, 0.3) is 16.8 Å². The second kappa shape index (κ2) is 8.08. The third-order valence-corrected chi connectivity index (χ3v) is 5.45. The summed E-state index contributed by atoms with van der Waals surface area (Å²) in [6.45, 7) is 13.5. The topological polar surface area (TPSA) is 30.2 Å². The number of hydrogen-bond donors (Lipinski definition) is 0. The van der Waals surface area contributed by atoms with Crippen molar-refractivity contribution in [3.63, 3.8) is 0 Å². The molecule has 0 amide bonds. The van der Waals surface area contributed by atoms with E-state index in [2.05, 4.69) is 82.1 Å². The first-order valence-corrected chi connectivity index (χ1v) is 10.1. The van der Waals surface area contributed by atoms with Gasteiger partial charge in [-0.05, 0) is 71.6 Å². The second-order valence-electron chi connectivity index (χ2n) is 7.64. The molecule has 1 aromatic carbocycles. The molecular formula is C24H31N3. The molecule has 27 heavy (non-hydrogen) atoms. The van der Waals surface area contributed by atoms with Crippen molar-refractivity contribution in [1.82, 2.24) is 14.6 Å². The maximum absolute atomic E-state index is 4.46. The standard InChI is InChI=1S/C24H31N3/c1-7-11-21(23(16(3)4)20-13-10-9-12-17(20)5)22-14-27-24(25-15-26-27)18(6)19(22)8-2/h9-10,12-16H,7-8,11H2,1-6H3/b23-21+. The summed E-state index contributed by atoms with van der Waals surface area (Å²) in [6, 6.07) is 8.76. The molecule has 0 spiro atoms. The Kier molecular flexibility index (Phi) is 5.79. The second-order valence-corrected chi connectivity index (χ2v) is 7.64. The van der Waals surface area contributed by atoms with Crippen LogP contribution in [-0.4, -0.2) is 14.6 Å². The fraction of sp³-hybridized carbons (Fsp3) is 0.417. The molecule has 0 atom stereocenters. The Morgan fingerprint density at radius 3 is 2.44 bits per heavy atom. The van der Waals surface area contributed by atoms with Crippen molar-refractivity contribution in [2.75, 3.05) is 0 Å². The lowest BCUT2D eigenvalue weighted by molar-refractivity contribution is 0.844. The van der Waals surface area contributed by atoms with Gasteiger partial charge < -0.3 is 0 Å². The lowest BCUT2D eigenvalue weighted by atomic mass is 9.82. The van der Waals surface area contributed by atoms with E-state index < -0.39 is 0 Å². The van der Waals surface area contributed by atoms with Crippen LogP contribution in [0.3, 0.4) is 0 Å². The lowest BCUT2D eigenvalue weighted by Gasteiger charge is -2.23. The summed E-state index contributed by atoms with van der Waals surface area (Å²) in [5.74, 6) is 0.448. The summed E-state index contributed by atoms with van der Waals surface area (Å²) < 4.78 is 1.94. The molecule has 2 aromatic heterocycles. The van der Waals surface area contributed by atoms with Crippen LogP contribution in [0, 0.1) is 19.8 Å². The van der Waals surface area contributed by atoms with Gasteiger partial charge in [-0.25, -0.2) is 9.50 Å². The molecule has 0 bridgehead atoms. The normalized spacial score (nSPS) is 12.7. The molecule has 3 nitrogen and oxygen atoms in total. The Morgan fingerprint density at radius 2 is 1.81 bits per heavy atom. The van der Waals surface area contributed by atoms with Gasteiger partial charge in [-0.1, -0.05) is 58.4 Å². The first-order valence-electron chi connectivity index (χ1n) is 10.1. The molecule has 0 aliphatic carbocycles. The number of aromatic nitrogens is 3. The van der Waals surface area contributed by atoms with Crippen LogP contribution >= 0.6 is 0 Å². The van der Waals surface area contributed by atoms with Gasteiger partial charge in [0, 0.05) is 6.20 Å². The van der Waals surface area contributed by atoms with Crippen LogP contribution in [-0.2, 0) is 6.42 Å². The van der Waals surface area contributed by atoms with E-state index >= 15 is 0 Å². The zero-order valence-electron chi connectivity index (χ0n) is 17.5. The predicted octanol–water partition coefficient (Wildman–Crippen LogP) is 6.28. The van der Waals surface area contributed by atoms with Crippen LogP contribution < -0.4 is 0 Å². The fourth-order valence-electron chi connectivity index (χ4n) is 4.23. The third kappa shape index (κ3) is 3.55. The Bertz CT molecular complexity index is 976. The zero-order valence-corrected chi connectivity index (χ0v) is 17.5. The summed E-state index contributed by atoms with van der Waals surface area (Å²) in [4.78, 5) is 4.46. The van der Waals surface area contributed by atoms with Crippen molar-refractivity contribution in [3.05, 3.63) is 64.6 Å². The highest BCUT2D eigenvalue weighted by Crippen LogP contribution is 2.38. The molecule has 3 aromatic rings. The minimum atomic E-state index is 0.448. The van der Waals surface area contributed by atoms with E-state index in [1.54, 1.807) is 6.33 Å². The van der Waals surface area contributed by atoms with Gasteiger partial charge in [-0.2, -0.15) is 5.10 Å². The summed E-state index contributed by atoms with van der Waals surface area (Å²) in [7, 11) is 0. The summed E-state index contributed by atoms with van der Waals surface area (Å²) >= 11 is 0. The molecule has 142 valence electrons. The molecule has 0 aliphatic heterocycles. The van der Waals surface area contributed by atoms with Crippen molar-refractivity contribution in [2.24, 2.45) is 5.92 Å². The molecule has 0 saturated heterocycles. The average molecular weight is 362 g/mol. The van der Waals surface area contributed by atoms with Crippen molar-refractivity contribution in [3.8, 4) is 0 Å². The van der Waals surface area contributed by atoms with E-state index in [1.165, 1.54) is 39.0 Å². The first kappa shape index (κ1) is 19.3. The highest BCUT2D eigenvalue weighted by molar-refractivity contribution is 5.93. The van der Waals surface area contributed by atoms with E-state index in [1.807, 2.05) is 4.52 Å². The van der Waals surface area contributed by atoms with Crippen molar-refractivity contribution in [1.29, 1.82) is 0 Å². The number of rotatable bonds is 6. The summed E-state index contributed by atoms with van der Waals surface area (Å²) in [5.41, 5.74) is 10.6. The van der Waals surface area contributed by atoms with E-state index in [0.29, 0.717) is 5.92 Å². The van der Waals surface area contributed by atoms with Gasteiger partial charge in [-0.15, -0.1) is 0 Å². The molecular weight excluding hydrogens is 330 g/mol. The molecule has 3 heteroatoms. The Morgan fingerprint density at radius 1 is 1.07 bits per heavy atom. The minimum Gasteiger partial charge on any atom is -0.220 e. The van der Waals surface area contributed by atoms with Crippen LogP contribution in [0.5, 0.6) is 0 Å². The highest BCUT2D eigenvalue weighted by Gasteiger charge is 2.20. The van der Waals surface area contributed by atoms with Gasteiger partial charge >= 0.3 is 0 Å². The highest BCUT2D eigenvalue weighted by atomic mass is 15.3. The molecule has 0 N–H and O–H groups in total. The van der Waals surface area contributed by atoms with E-state index in [-0.39, 0.29) is 0 Å². The van der Waals surface area contributed by atoms with Gasteiger partial charge in [0.25, 0.3) is 0 Å². The van der Waals surface area contributed by atoms with E-state index in [4.69, 9.17) is 0 Å². The molecule has 0 aliphatic rings. The molecule has 2 heterocycles. The van der Waals surface area contributed by atoms with Gasteiger partial charge in [0.2, 0.25) is 0 Å². The Balaban J connectivity index is 2.39. The van der Waals surface area contributed by atoms with Crippen molar-refractivity contribution < 1.29 is 0 Å². The van der Waals surface area contributed by atoms with E-state index in [9.17, 15) is 0 Å². The molecule has 3 rings (SSSR count). The largest absolute Gasteiger partial charge is 0.220 e. The number of benzene rings is 1. The van der Waals surface area contributed by atoms with Gasteiger partial charge in [0.15, 0.2) is 5.65 Å². The fourth-order valence-corrected chi connectivity index (χ4v) is 4.23. The Labute approximate surface area is 163 Å². The number of fused-ring (bicyclic) bond motifs is 1. The smallest absolute Gasteiger partial charge is 0.158 e. The van der Waals surface area contributed by atoms with Gasteiger partial charge in [0.05, 0.1) is 0 Å². The predicted molar refractivity (Wildman–Crippen MR) is 115 cm³/mol.